The molecule has 2 rings (SSSR count). The molecule has 0 saturated carbocycles. The van der Waals surface area contributed by atoms with Crippen molar-refractivity contribution >= 4 is 34.2 Å². The molecule has 0 fully saturated rings. The van der Waals surface area contributed by atoms with E-state index >= 15 is 0 Å². The highest BCUT2D eigenvalue weighted by Gasteiger charge is 2.10. The molecule has 0 radical (unpaired) electrons. The first-order valence-electron chi connectivity index (χ1n) is 7.05. The van der Waals surface area contributed by atoms with Crippen molar-refractivity contribution < 1.29 is 4.79 Å². The molecule has 0 aliphatic rings. The van der Waals surface area contributed by atoms with Gasteiger partial charge in [0.15, 0.2) is 0 Å². The van der Waals surface area contributed by atoms with Gasteiger partial charge in [-0.2, -0.15) is 5.26 Å². The summed E-state index contributed by atoms with van der Waals surface area (Å²) in [5.74, 6) is -0.419. The number of rotatable bonds is 5. The molecule has 23 heavy (non-hydrogen) atoms. The van der Waals surface area contributed by atoms with Crippen LogP contribution >= 0.6 is 22.6 Å². The van der Waals surface area contributed by atoms with Gasteiger partial charge in [0.05, 0.1) is 0 Å². The summed E-state index contributed by atoms with van der Waals surface area (Å²) < 4.78 is 1.10. The normalized spacial score (nSPS) is 10.7. The second-order valence-electron chi connectivity index (χ2n) is 4.95. The van der Waals surface area contributed by atoms with E-state index in [1.165, 1.54) is 6.20 Å². The zero-order chi connectivity index (χ0) is 16.7. The van der Waals surface area contributed by atoms with E-state index in [1.54, 1.807) is 0 Å². The number of benzene rings is 2. The topological polar surface area (TPSA) is 64.9 Å². The van der Waals surface area contributed by atoms with E-state index in [0.717, 1.165) is 14.7 Å². The van der Waals surface area contributed by atoms with Gasteiger partial charge in [-0.05, 0) is 58.8 Å². The van der Waals surface area contributed by atoms with E-state index in [0.29, 0.717) is 12.2 Å². The van der Waals surface area contributed by atoms with E-state index in [2.05, 4.69) is 33.2 Å². The first kappa shape index (κ1) is 17.0. The maximum absolute atomic E-state index is 12.2. The second kappa shape index (κ2) is 8.34. The lowest BCUT2D eigenvalue weighted by atomic mass is 10.2. The third-order valence-corrected chi connectivity index (χ3v) is 3.87. The van der Waals surface area contributed by atoms with Crippen molar-refractivity contribution in [3.8, 4) is 6.07 Å². The lowest BCUT2D eigenvalue weighted by Crippen LogP contribution is -2.17. The number of nitrogens with zero attached hydrogens (tertiary/aromatic N) is 1. The van der Waals surface area contributed by atoms with Crippen LogP contribution in [0.3, 0.4) is 0 Å². The number of carbonyl (C=O) groups is 1. The Kier molecular flexibility index (Phi) is 6.18. The SMILES string of the molecule is Cc1cc(I)ccc1NC(=O)/C(C#N)=C\NCc1ccccc1. The first-order valence-corrected chi connectivity index (χ1v) is 8.13. The zero-order valence-electron chi connectivity index (χ0n) is 12.6. The van der Waals surface area contributed by atoms with Gasteiger partial charge in [0.25, 0.3) is 5.91 Å². The van der Waals surface area contributed by atoms with Crippen LogP contribution in [0.5, 0.6) is 0 Å². The maximum atomic E-state index is 12.2. The van der Waals surface area contributed by atoms with Crippen LogP contribution in [0.15, 0.2) is 60.3 Å². The summed E-state index contributed by atoms with van der Waals surface area (Å²) in [5, 5.41) is 14.9. The van der Waals surface area contributed by atoms with Crippen molar-refractivity contribution in [3.63, 3.8) is 0 Å². The molecule has 116 valence electrons. The predicted octanol–water partition coefficient (Wildman–Crippen LogP) is 3.74. The molecule has 0 unspecified atom stereocenters. The Morgan fingerprint density at radius 3 is 2.65 bits per heavy atom. The van der Waals surface area contributed by atoms with Gasteiger partial charge in [0.1, 0.15) is 11.6 Å². The Morgan fingerprint density at radius 1 is 1.26 bits per heavy atom. The van der Waals surface area contributed by atoms with Gasteiger partial charge in [0, 0.05) is 22.0 Å². The molecular formula is C18H16IN3O. The number of amides is 1. The van der Waals surface area contributed by atoms with Crippen molar-refractivity contribution in [2.24, 2.45) is 0 Å². The Morgan fingerprint density at radius 2 is 2.00 bits per heavy atom. The monoisotopic (exact) mass is 417 g/mol. The van der Waals surface area contributed by atoms with Crippen LogP contribution < -0.4 is 10.6 Å². The van der Waals surface area contributed by atoms with Crippen LogP contribution in [0.1, 0.15) is 11.1 Å². The number of anilines is 1. The summed E-state index contributed by atoms with van der Waals surface area (Å²) in [5.41, 5.74) is 2.79. The Balaban J connectivity index is 2.00. The third kappa shape index (κ3) is 5.11. The Bertz CT molecular complexity index is 764. The molecule has 0 atom stereocenters. The molecular weight excluding hydrogens is 401 g/mol. The van der Waals surface area contributed by atoms with Gasteiger partial charge in [-0.1, -0.05) is 30.3 Å². The Hall–Kier alpha value is -2.33. The van der Waals surface area contributed by atoms with Gasteiger partial charge in [0.2, 0.25) is 0 Å². The van der Waals surface area contributed by atoms with E-state index < -0.39 is 5.91 Å². The lowest BCUT2D eigenvalue weighted by molar-refractivity contribution is -0.112. The van der Waals surface area contributed by atoms with Gasteiger partial charge in [-0.15, -0.1) is 0 Å². The van der Waals surface area contributed by atoms with Crippen molar-refractivity contribution in [3.05, 3.63) is 75.0 Å². The molecule has 0 spiro atoms. The highest BCUT2D eigenvalue weighted by Crippen LogP contribution is 2.18. The fourth-order valence-electron chi connectivity index (χ4n) is 1.97. The minimum absolute atomic E-state index is 0.0406. The number of hydrogen-bond donors (Lipinski definition) is 2. The quantitative estimate of drug-likeness (QED) is 0.443. The van der Waals surface area contributed by atoms with Crippen LogP contribution in [-0.2, 0) is 11.3 Å². The lowest BCUT2D eigenvalue weighted by Gasteiger charge is -2.08. The van der Waals surface area contributed by atoms with Crippen LogP contribution in [0.4, 0.5) is 5.69 Å². The molecule has 0 aliphatic carbocycles. The molecule has 5 heteroatoms. The van der Waals surface area contributed by atoms with Crippen LogP contribution in [0.2, 0.25) is 0 Å². The highest BCUT2D eigenvalue weighted by molar-refractivity contribution is 14.1. The molecule has 4 nitrogen and oxygen atoms in total. The minimum Gasteiger partial charge on any atom is -0.386 e. The Labute approximate surface area is 149 Å². The molecule has 0 bridgehead atoms. The molecule has 1 amide bonds. The molecule has 0 heterocycles. The van der Waals surface area contributed by atoms with Gasteiger partial charge in [-0.25, -0.2) is 0 Å². The second-order valence-corrected chi connectivity index (χ2v) is 6.20. The summed E-state index contributed by atoms with van der Waals surface area (Å²) in [6, 6.07) is 17.4. The highest BCUT2D eigenvalue weighted by atomic mass is 127. The fraction of sp³-hybridized carbons (Fsp3) is 0.111. The van der Waals surface area contributed by atoms with E-state index in [-0.39, 0.29) is 5.57 Å². The smallest absolute Gasteiger partial charge is 0.267 e. The van der Waals surface area contributed by atoms with Crippen molar-refractivity contribution in [1.82, 2.24) is 5.32 Å². The number of nitrogens with one attached hydrogen (secondary N) is 2. The molecule has 0 aromatic heterocycles. The standard InChI is InChI=1S/C18H16IN3O/c1-13-9-16(19)7-8-17(13)22-18(23)15(10-20)12-21-11-14-5-3-2-4-6-14/h2-9,12,21H,11H2,1H3,(H,22,23)/b15-12-. The summed E-state index contributed by atoms with van der Waals surface area (Å²) >= 11 is 2.21. The van der Waals surface area contributed by atoms with Crippen LogP contribution in [-0.4, -0.2) is 5.91 Å². The largest absolute Gasteiger partial charge is 0.386 e. The molecule has 2 aromatic rings. The van der Waals surface area contributed by atoms with Crippen molar-refractivity contribution in [1.29, 1.82) is 5.26 Å². The number of halogens is 1. The van der Waals surface area contributed by atoms with Crippen molar-refractivity contribution in [2.75, 3.05) is 5.32 Å². The maximum Gasteiger partial charge on any atom is 0.267 e. The first-order chi connectivity index (χ1) is 11.1. The molecule has 2 aromatic carbocycles. The van der Waals surface area contributed by atoms with E-state index in [1.807, 2.05) is 61.5 Å². The number of hydrogen-bond acceptors (Lipinski definition) is 3. The minimum atomic E-state index is -0.419. The summed E-state index contributed by atoms with van der Waals surface area (Å²) in [6.07, 6.45) is 1.45. The molecule has 0 aliphatic heterocycles. The number of nitriles is 1. The molecule has 2 N–H and O–H groups in total. The summed E-state index contributed by atoms with van der Waals surface area (Å²) in [7, 11) is 0. The van der Waals surface area contributed by atoms with Crippen molar-refractivity contribution in [2.45, 2.75) is 13.5 Å². The van der Waals surface area contributed by atoms with Crippen LogP contribution in [0, 0.1) is 21.8 Å². The van der Waals surface area contributed by atoms with E-state index in [9.17, 15) is 4.79 Å². The van der Waals surface area contributed by atoms with Crippen LogP contribution in [0.25, 0.3) is 0 Å². The summed E-state index contributed by atoms with van der Waals surface area (Å²) in [6.45, 7) is 2.48. The van der Waals surface area contributed by atoms with Gasteiger partial charge in [-0.3, -0.25) is 4.79 Å². The van der Waals surface area contributed by atoms with Gasteiger partial charge >= 0.3 is 0 Å². The zero-order valence-corrected chi connectivity index (χ0v) is 14.8. The fourth-order valence-corrected chi connectivity index (χ4v) is 2.62. The number of carbonyl (C=O) groups excluding carboxylic acids is 1. The number of aryl methyl sites for hydroxylation is 1. The van der Waals surface area contributed by atoms with Gasteiger partial charge < -0.3 is 10.6 Å². The average Bonchev–Trinajstić information content (AvgIpc) is 2.55. The van der Waals surface area contributed by atoms with E-state index in [4.69, 9.17) is 5.26 Å². The average molecular weight is 417 g/mol. The predicted molar refractivity (Wildman–Crippen MR) is 99.5 cm³/mol. The summed E-state index contributed by atoms with van der Waals surface area (Å²) in [4.78, 5) is 12.2. The third-order valence-electron chi connectivity index (χ3n) is 3.20. The molecule has 0 saturated heterocycles.